The number of hydrogen-bond donors (Lipinski definition) is 1. The second-order valence-corrected chi connectivity index (χ2v) is 10.9. The third-order valence-corrected chi connectivity index (χ3v) is 8.42. The van der Waals surface area contributed by atoms with Gasteiger partial charge in [0.05, 0.1) is 50.3 Å². The molecular weight excluding hydrogens is 560 g/mol. The van der Waals surface area contributed by atoms with Crippen molar-refractivity contribution in [2.45, 2.75) is 25.5 Å². The van der Waals surface area contributed by atoms with E-state index in [1.807, 2.05) is 13.0 Å². The summed E-state index contributed by atoms with van der Waals surface area (Å²) in [5, 5.41) is 12.0. The van der Waals surface area contributed by atoms with Crippen molar-refractivity contribution in [2.75, 3.05) is 33.3 Å². The fourth-order valence-electron chi connectivity index (χ4n) is 5.45. The van der Waals surface area contributed by atoms with Gasteiger partial charge in [-0.3, -0.25) is 14.5 Å². The van der Waals surface area contributed by atoms with Gasteiger partial charge >= 0.3 is 5.91 Å². The number of Topliss-reactive ketones (excluding diaryl/α,β-unsaturated/α-hetero) is 1. The minimum atomic E-state index is -1.05. The van der Waals surface area contributed by atoms with E-state index >= 15 is 0 Å². The Hall–Kier alpha value is -4.77. The van der Waals surface area contributed by atoms with Crippen LogP contribution < -0.4 is 28.6 Å². The quantitative estimate of drug-likeness (QED) is 0.175. The Balaban J connectivity index is 1.58. The number of hydrogen-bond acceptors (Lipinski definition) is 10. The Morgan fingerprint density at radius 2 is 1.71 bits per heavy atom. The molecule has 3 heterocycles. The molecule has 0 spiro atoms. The van der Waals surface area contributed by atoms with Crippen LogP contribution in [0.15, 0.2) is 54.1 Å². The van der Waals surface area contributed by atoms with Crippen LogP contribution >= 0.6 is 11.3 Å². The summed E-state index contributed by atoms with van der Waals surface area (Å²) in [7, 11) is 6.01. The third-order valence-electron chi connectivity index (χ3n) is 7.41. The van der Waals surface area contributed by atoms with Gasteiger partial charge < -0.3 is 28.8 Å². The van der Waals surface area contributed by atoms with Gasteiger partial charge in [-0.25, -0.2) is 4.98 Å². The number of aromatic nitrogens is 1. The molecule has 6 rings (SSSR count). The van der Waals surface area contributed by atoms with Gasteiger partial charge in [-0.2, -0.15) is 0 Å². The van der Waals surface area contributed by atoms with Gasteiger partial charge in [-0.1, -0.05) is 11.3 Å². The highest BCUT2D eigenvalue weighted by Gasteiger charge is 2.49. The molecule has 1 saturated heterocycles. The zero-order valence-corrected chi connectivity index (χ0v) is 24.4. The van der Waals surface area contributed by atoms with Crippen LogP contribution in [-0.4, -0.2) is 56.3 Å². The number of aliphatic hydroxyl groups is 1. The van der Waals surface area contributed by atoms with E-state index in [9.17, 15) is 14.7 Å². The number of ether oxygens (including phenoxy) is 5. The number of rotatable bonds is 7. The molecule has 4 aromatic rings. The minimum Gasteiger partial charge on any atom is -0.507 e. The topological polar surface area (TPSA) is 117 Å². The SMILES string of the molecule is COc1ccc2nc(N3C(=O)C(=O)/C(=C(/O)c4ccc5c(c4)C[C@@H](C)O5)[C@H]3c3cc(OC)c(OC)c(OC)c3)sc2c1. The van der Waals surface area contributed by atoms with E-state index < -0.39 is 17.7 Å². The van der Waals surface area contributed by atoms with E-state index in [0.717, 1.165) is 16.0 Å². The van der Waals surface area contributed by atoms with Crippen molar-refractivity contribution in [3.63, 3.8) is 0 Å². The fraction of sp³-hybridized carbons (Fsp3) is 0.258. The molecule has 216 valence electrons. The Labute approximate surface area is 245 Å². The molecule has 0 saturated carbocycles. The van der Waals surface area contributed by atoms with Crippen molar-refractivity contribution in [3.05, 3.63) is 70.8 Å². The standard InChI is InChI=1S/C31H28N2O8S/c1-15-10-17-11-16(6-9-21(17)41-15)27(34)25-26(18-12-22(38-3)29(40-5)23(13-18)39-4)33(30(36)28(25)35)31-32-20-8-7-19(37-2)14-24(20)42-31/h6-9,11-15,26,34H,10H2,1-5H3/b27-25+/t15-,26-/m1/s1. The Bertz CT molecular complexity index is 1750. The summed E-state index contributed by atoms with van der Waals surface area (Å²) in [4.78, 5) is 33.5. The second kappa shape index (κ2) is 10.6. The van der Waals surface area contributed by atoms with E-state index in [1.165, 1.54) is 37.6 Å². The molecule has 2 aliphatic rings. The maximum atomic E-state index is 13.8. The number of nitrogens with zero attached hydrogens (tertiary/aromatic N) is 2. The van der Waals surface area contributed by atoms with Crippen molar-refractivity contribution in [2.24, 2.45) is 0 Å². The molecule has 0 aliphatic carbocycles. The lowest BCUT2D eigenvalue weighted by Crippen LogP contribution is -2.29. The summed E-state index contributed by atoms with van der Waals surface area (Å²) in [5.74, 6) is 0.402. The lowest BCUT2D eigenvalue weighted by Gasteiger charge is -2.24. The summed E-state index contributed by atoms with van der Waals surface area (Å²) in [6.45, 7) is 1.96. The molecule has 2 atom stereocenters. The summed E-state index contributed by atoms with van der Waals surface area (Å²) >= 11 is 1.24. The third kappa shape index (κ3) is 4.37. The Morgan fingerprint density at radius 3 is 2.38 bits per heavy atom. The van der Waals surface area contributed by atoms with Crippen molar-refractivity contribution in [1.29, 1.82) is 0 Å². The highest BCUT2D eigenvalue weighted by Crippen LogP contribution is 2.48. The predicted octanol–water partition coefficient (Wildman–Crippen LogP) is 5.28. The van der Waals surface area contributed by atoms with Crippen LogP contribution in [0.3, 0.4) is 0 Å². The number of benzene rings is 3. The van der Waals surface area contributed by atoms with Crippen LogP contribution in [0.1, 0.15) is 29.7 Å². The largest absolute Gasteiger partial charge is 0.507 e. The highest BCUT2D eigenvalue weighted by atomic mass is 32.1. The highest BCUT2D eigenvalue weighted by molar-refractivity contribution is 7.22. The lowest BCUT2D eigenvalue weighted by molar-refractivity contribution is -0.132. The number of fused-ring (bicyclic) bond motifs is 2. The molecule has 3 aromatic carbocycles. The molecule has 2 aliphatic heterocycles. The normalized spacial score (nSPS) is 19.1. The average molecular weight is 589 g/mol. The number of carbonyl (C=O) groups excluding carboxylic acids is 2. The molecule has 1 aromatic heterocycles. The van der Waals surface area contributed by atoms with Crippen molar-refractivity contribution in [3.8, 4) is 28.7 Å². The first-order chi connectivity index (χ1) is 20.3. The monoisotopic (exact) mass is 588 g/mol. The summed E-state index contributed by atoms with van der Waals surface area (Å²) < 4.78 is 28.6. The van der Waals surface area contributed by atoms with Crippen LogP contribution in [0.4, 0.5) is 5.13 Å². The molecule has 1 N–H and O–H groups in total. The Morgan fingerprint density at radius 1 is 0.976 bits per heavy atom. The van der Waals surface area contributed by atoms with Crippen molar-refractivity contribution < 1.29 is 38.4 Å². The summed E-state index contributed by atoms with van der Waals surface area (Å²) in [6, 6.07) is 12.9. The number of carbonyl (C=O) groups is 2. The van der Waals surface area contributed by atoms with Crippen molar-refractivity contribution >= 4 is 44.1 Å². The van der Waals surface area contributed by atoms with Crippen molar-refractivity contribution in [1.82, 2.24) is 4.98 Å². The van der Waals surface area contributed by atoms with E-state index in [1.54, 1.807) is 49.6 Å². The first kappa shape index (κ1) is 27.4. The summed E-state index contributed by atoms with van der Waals surface area (Å²) in [6.07, 6.45) is 0.663. The van der Waals surface area contributed by atoms with E-state index in [0.29, 0.717) is 46.1 Å². The molecule has 11 heteroatoms. The maximum absolute atomic E-state index is 13.8. The summed E-state index contributed by atoms with van der Waals surface area (Å²) in [5.41, 5.74) is 2.31. The van der Waals surface area contributed by atoms with Gasteiger partial charge in [-0.15, -0.1) is 0 Å². The molecule has 0 radical (unpaired) electrons. The van der Waals surface area contributed by atoms with Gasteiger partial charge in [0.2, 0.25) is 5.75 Å². The number of thiazole rings is 1. The molecule has 1 fully saturated rings. The van der Waals surface area contributed by atoms with Crippen LogP contribution in [0, 0.1) is 0 Å². The first-order valence-corrected chi connectivity index (χ1v) is 13.9. The van der Waals surface area contributed by atoms with Crippen LogP contribution in [0.5, 0.6) is 28.7 Å². The van der Waals surface area contributed by atoms with E-state index in [2.05, 4.69) is 4.98 Å². The van der Waals surface area contributed by atoms with Crippen LogP contribution in [0.25, 0.3) is 16.0 Å². The first-order valence-electron chi connectivity index (χ1n) is 13.1. The minimum absolute atomic E-state index is 0.000125. The predicted molar refractivity (Wildman–Crippen MR) is 157 cm³/mol. The fourth-order valence-corrected chi connectivity index (χ4v) is 6.47. The number of methoxy groups -OCH3 is 4. The van der Waals surface area contributed by atoms with Crippen LogP contribution in [-0.2, 0) is 16.0 Å². The second-order valence-electron chi connectivity index (χ2n) is 9.91. The maximum Gasteiger partial charge on any atom is 0.301 e. The van der Waals surface area contributed by atoms with Gasteiger partial charge in [0.15, 0.2) is 16.6 Å². The molecular formula is C31H28N2O8S. The molecule has 42 heavy (non-hydrogen) atoms. The number of anilines is 1. The number of amides is 1. The lowest BCUT2D eigenvalue weighted by atomic mass is 9.94. The van der Waals surface area contributed by atoms with Gasteiger partial charge in [0, 0.05) is 12.0 Å². The average Bonchev–Trinajstić information content (AvgIpc) is 3.67. The number of ketones is 1. The van der Waals surface area contributed by atoms with Crippen LogP contribution in [0.2, 0.25) is 0 Å². The molecule has 0 unspecified atom stereocenters. The molecule has 10 nitrogen and oxygen atoms in total. The number of aliphatic hydroxyl groups excluding tert-OH is 1. The van der Waals surface area contributed by atoms with E-state index in [-0.39, 0.29) is 22.6 Å². The smallest absolute Gasteiger partial charge is 0.301 e. The zero-order valence-electron chi connectivity index (χ0n) is 23.6. The Kier molecular flexibility index (Phi) is 6.90. The zero-order chi connectivity index (χ0) is 29.7. The van der Waals surface area contributed by atoms with Gasteiger partial charge in [-0.05, 0) is 66.6 Å². The van der Waals surface area contributed by atoms with Gasteiger partial charge in [0.25, 0.3) is 5.78 Å². The molecule has 0 bridgehead atoms. The molecule has 1 amide bonds. The van der Waals surface area contributed by atoms with E-state index in [4.69, 9.17) is 23.7 Å². The van der Waals surface area contributed by atoms with Gasteiger partial charge in [0.1, 0.15) is 23.4 Å².